The van der Waals surface area contributed by atoms with Gasteiger partial charge in [-0.2, -0.15) is 4.98 Å². The summed E-state index contributed by atoms with van der Waals surface area (Å²) in [5.74, 6) is 1.91. The lowest BCUT2D eigenvalue weighted by Crippen LogP contribution is -2.45. The normalized spacial score (nSPS) is 16.3. The number of carbonyl (C=O) groups excluding carboxylic acids is 1. The Morgan fingerprint density at radius 1 is 0.941 bits per heavy atom. The molecule has 1 saturated heterocycles. The highest BCUT2D eigenvalue weighted by Crippen LogP contribution is 2.32. The molecule has 0 atom stereocenters. The van der Waals surface area contributed by atoms with Crippen LogP contribution >= 0.6 is 11.6 Å². The van der Waals surface area contributed by atoms with Crippen LogP contribution in [0.2, 0.25) is 5.02 Å². The topological polar surface area (TPSA) is 61.8 Å². The fourth-order valence-electron chi connectivity index (χ4n) is 4.27. The van der Waals surface area contributed by atoms with E-state index in [1.165, 1.54) is 0 Å². The SMILES string of the molecule is Cc1ccc(Oc2nc(N3CCN(C)CC3)nc3c2CN(C(=O)c2ccc(Cl)cc2)CC3)cc1. The van der Waals surface area contributed by atoms with Gasteiger partial charge in [0.1, 0.15) is 5.75 Å². The van der Waals surface area contributed by atoms with Crippen LogP contribution in [0.3, 0.4) is 0 Å². The number of ether oxygens (including phenoxy) is 1. The average Bonchev–Trinajstić information content (AvgIpc) is 2.85. The Morgan fingerprint density at radius 3 is 2.35 bits per heavy atom. The summed E-state index contributed by atoms with van der Waals surface area (Å²) in [5, 5.41) is 0.610. The number of likely N-dealkylation sites (N-methyl/N-ethyl adjacent to an activating group) is 1. The van der Waals surface area contributed by atoms with Crippen LogP contribution in [0.1, 0.15) is 27.2 Å². The number of hydrogen-bond acceptors (Lipinski definition) is 6. The number of anilines is 1. The quantitative estimate of drug-likeness (QED) is 0.561. The van der Waals surface area contributed by atoms with Gasteiger partial charge in [-0.05, 0) is 50.4 Å². The Hall–Kier alpha value is -3.16. The predicted octanol–water partition coefficient (Wildman–Crippen LogP) is 4.18. The number of halogens is 1. The molecule has 34 heavy (non-hydrogen) atoms. The molecule has 0 N–H and O–H groups in total. The van der Waals surface area contributed by atoms with E-state index in [-0.39, 0.29) is 5.91 Å². The third-order valence-electron chi connectivity index (χ3n) is 6.41. The molecule has 2 aliphatic rings. The highest BCUT2D eigenvalue weighted by atomic mass is 35.5. The van der Waals surface area contributed by atoms with Gasteiger partial charge in [-0.25, -0.2) is 4.98 Å². The van der Waals surface area contributed by atoms with Crippen LogP contribution in [0.25, 0.3) is 0 Å². The standard InChI is InChI=1S/C26H28ClN5O2/c1-18-3-9-21(10-4-18)34-24-22-17-32(25(33)19-5-7-20(27)8-6-19)12-11-23(22)28-26(29-24)31-15-13-30(2)14-16-31/h3-10H,11-17H2,1-2H3. The van der Waals surface area contributed by atoms with Gasteiger partial charge in [0, 0.05) is 49.7 Å². The van der Waals surface area contributed by atoms with Crippen molar-refractivity contribution in [3.8, 4) is 11.6 Å². The van der Waals surface area contributed by atoms with Crippen molar-refractivity contribution in [3.63, 3.8) is 0 Å². The fraction of sp³-hybridized carbons (Fsp3) is 0.346. The number of fused-ring (bicyclic) bond motifs is 1. The van der Waals surface area contributed by atoms with Gasteiger partial charge in [0.25, 0.3) is 5.91 Å². The zero-order valence-electron chi connectivity index (χ0n) is 19.5. The van der Waals surface area contributed by atoms with Gasteiger partial charge in [-0.15, -0.1) is 0 Å². The molecule has 7 nitrogen and oxygen atoms in total. The summed E-state index contributed by atoms with van der Waals surface area (Å²) < 4.78 is 6.29. The molecule has 2 aromatic carbocycles. The molecule has 176 valence electrons. The summed E-state index contributed by atoms with van der Waals surface area (Å²) in [4.78, 5) is 29.3. The molecule has 2 aliphatic heterocycles. The Morgan fingerprint density at radius 2 is 1.65 bits per heavy atom. The minimum absolute atomic E-state index is 0.0354. The molecule has 1 amide bonds. The molecule has 0 spiro atoms. The van der Waals surface area contributed by atoms with Gasteiger partial charge in [-0.3, -0.25) is 4.79 Å². The van der Waals surface area contributed by atoms with Crippen molar-refractivity contribution in [3.05, 3.63) is 75.9 Å². The summed E-state index contributed by atoms with van der Waals surface area (Å²) in [6.45, 7) is 6.73. The zero-order chi connectivity index (χ0) is 23.7. The van der Waals surface area contributed by atoms with Gasteiger partial charge >= 0.3 is 0 Å². The van der Waals surface area contributed by atoms with Gasteiger partial charge in [0.2, 0.25) is 11.8 Å². The molecular formula is C26H28ClN5O2. The molecule has 0 bridgehead atoms. The first-order valence-corrected chi connectivity index (χ1v) is 12.0. The number of piperazine rings is 1. The molecule has 3 heterocycles. The number of amides is 1. The van der Waals surface area contributed by atoms with Crippen molar-refractivity contribution < 1.29 is 9.53 Å². The molecule has 1 fully saturated rings. The van der Waals surface area contributed by atoms with E-state index in [4.69, 9.17) is 26.3 Å². The third-order valence-corrected chi connectivity index (χ3v) is 6.66. The van der Waals surface area contributed by atoms with Crippen molar-refractivity contribution in [2.24, 2.45) is 0 Å². The maximum atomic E-state index is 13.2. The van der Waals surface area contributed by atoms with Crippen molar-refractivity contribution >= 4 is 23.5 Å². The first kappa shape index (κ1) is 22.6. The van der Waals surface area contributed by atoms with Crippen LogP contribution in [-0.2, 0) is 13.0 Å². The second-order valence-corrected chi connectivity index (χ2v) is 9.38. The van der Waals surface area contributed by atoms with Crippen molar-refractivity contribution in [1.82, 2.24) is 19.8 Å². The maximum Gasteiger partial charge on any atom is 0.254 e. The van der Waals surface area contributed by atoms with E-state index >= 15 is 0 Å². The molecule has 0 radical (unpaired) electrons. The summed E-state index contributed by atoms with van der Waals surface area (Å²) >= 11 is 6.00. The van der Waals surface area contributed by atoms with Crippen LogP contribution < -0.4 is 9.64 Å². The summed E-state index contributed by atoms with van der Waals surface area (Å²) in [6, 6.07) is 14.9. The number of carbonyl (C=O) groups is 1. The number of aryl methyl sites for hydroxylation is 1. The summed E-state index contributed by atoms with van der Waals surface area (Å²) in [7, 11) is 2.13. The molecule has 5 rings (SSSR count). The first-order valence-electron chi connectivity index (χ1n) is 11.6. The molecule has 1 aromatic heterocycles. The van der Waals surface area contributed by atoms with Gasteiger partial charge < -0.3 is 19.4 Å². The first-order chi connectivity index (χ1) is 16.5. The minimum Gasteiger partial charge on any atom is -0.438 e. The lowest BCUT2D eigenvalue weighted by molar-refractivity contribution is 0.0732. The van der Waals surface area contributed by atoms with Crippen molar-refractivity contribution in [2.45, 2.75) is 19.9 Å². The van der Waals surface area contributed by atoms with Crippen LogP contribution in [0.5, 0.6) is 11.6 Å². The maximum absolute atomic E-state index is 13.2. The Balaban J connectivity index is 1.46. The van der Waals surface area contributed by atoms with Gasteiger partial charge in [0.15, 0.2) is 0 Å². The molecule has 0 saturated carbocycles. The number of aromatic nitrogens is 2. The second kappa shape index (κ2) is 9.60. The monoisotopic (exact) mass is 477 g/mol. The van der Waals surface area contributed by atoms with Crippen LogP contribution in [0.15, 0.2) is 48.5 Å². The molecule has 0 aliphatic carbocycles. The Bertz CT molecular complexity index is 1180. The van der Waals surface area contributed by atoms with E-state index in [1.54, 1.807) is 24.3 Å². The lowest BCUT2D eigenvalue weighted by Gasteiger charge is -2.34. The van der Waals surface area contributed by atoms with E-state index in [9.17, 15) is 4.79 Å². The number of nitrogens with zero attached hydrogens (tertiary/aromatic N) is 5. The molecule has 8 heteroatoms. The van der Waals surface area contributed by atoms with Crippen molar-refractivity contribution in [1.29, 1.82) is 0 Å². The van der Waals surface area contributed by atoms with E-state index in [0.717, 1.165) is 48.7 Å². The Labute approximate surface area is 204 Å². The molecular weight excluding hydrogens is 450 g/mol. The lowest BCUT2D eigenvalue weighted by atomic mass is 10.1. The molecule has 0 unspecified atom stereocenters. The second-order valence-electron chi connectivity index (χ2n) is 8.94. The van der Waals surface area contributed by atoms with Gasteiger partial charge in [-0.1, -0.05) is 29.3 Å². The van der Waals surface area contributed by atoms with Crippen LogP contribution in [0.4, 0.5) is 5.95 Å². The average molecular weight is 478 g/mol. The van der Waals surface area contributed by atoms with E-state index in [2.05, 4.69) is 16.8 Å². The predicted molar refractivity (Wildman–Crippen MR) is 133 cm³/mol. The van der Waals surface area contributed by atoms with E-state index in [1.807, 2.05) is 36.1 Å². The highest BCUT2D eigenvalue weighted by molar-refractivity contribution is 6.30. The minimum atomic E-state index is -0.0354. The highest BCUT2D eigenvalue weighted by Gasteiger charge is 2.29. The molecule has 3 aromatic rings. The summed E-state index contributed by atoms with van der Waals surface area (Å²) in [6.07, 6.45) is 0.655. The van der Waals surface area contributed by atoms with E-state index in [0.29, 0.717) is 41.9 Å². The Kier molecular flexibility index (Phi) is 6.39. The van der Waals surface area contributed by atoms with Crippen LogP contribution in [-0.4, -0.2) is 65.4 Å². The zero-order valence-corrected chi connectivity index (χ0v) is 20.3. The number of benzene rings is 2. The van der Waals surface area contributed by atoms with Gasteiger partial charge in [0.05, 0.1) is 17.8 Å². The van der Waals surface area contributed by atoms with Crippen molar-refractivity contribution in [2.75, 3.05) is 44.7 Å². The number of rotatable bonds is 4. The fourth-order valence-corrected chi connectivity index (χ4v) is 4.40. The number of hydrogen-bond donors (Lipinski definition) is 0. The summed E-state index contributed by atoms with van der Waals surface area (Å²) in [5.41, 5.74) is 3.59. The smallest absolute Gasteiger partial charge is 0.254 e. The largest absolute Gasteiger partial charge is 0.438 e. The third kappa shape index (κ3) is 4.86. The van der Waals surface area contributed by atoms with Crippen LogP contribution in [0, 0.1) is 6.92 Å². The van der Waals surface area contributed by atoms with E-state index < -0.39 is 0 Å².